The van der Waals surface area contributed by atoms with E-state index in [0.717, 1.165) is 23.5 Å². The van der Waals surface area contributed by atoms with Crippen molar-refractivity contribution in [3.63, 3.8) is 0 Å². The van der Waals surface area contributed by atoms with Crippen LogP contribution in [-0.2, 0) is 0 Å². The summed E-state index contributed by atoms with van der Waals surface area (Å²) in [6.07, 6.45) is 2.30. The van der Waals surface area contributed by atoms with Crippen LogP contribution in [0.25, 0.3) is 0 Å². The Labute approximate surface area is 139 Å². The highest BCUT2D eigenvalue weighted by atomic mass is 35.5. The topological polar surface area (TPSA) is 29.1 Å². The van der Waals surface area contributed by atoms with Gasteiger partial charge in [0.05, 0.1) is 5.02 Å². The fraction of sp³-hybridized carbons (Fsp3) is 0.235. The molecule has 1 N–H and O–H groups in total. The van der Waals surface area contributed by atoms with Crippen LogP contribution in [0.2, 0.25) is 5.02 Å². The molecule has 0 fully saturated rings. The molecule has 2 aromatic rings. The minimum Gasteiger partial charge on any atom is -0.322 e. The van der Waals surface area contributed by atoms with Crippen LogP contribution in [0.4, 0.5) is 10.1 Å². The second kappa shape index (κ2) is 8.20. The molecule has 0 radical (unpaired) electrons. The van der Waals surface area contributed by atoms with E-state index in [0.29, 0.717) is 11.3 Å². The van der Waals surface area contributed by atoms with Crippen molar-refractivity contribution in [2.45, 2.75) is 24.7 Å². The first-order valence-corrected chi connectivity index (χ1v) is 8.45. The molecule has 0 spiro atoms. The number of benzene rings is 2. The summed E-state index contributed by atoms with van der Waals surface area (Å²) in [4.78, 5) is 13.3. The third-order valence-corrected chi connectivity index (χ3v) is 4.41. The summed E-state index contributed by atoms with van der Waals surface area (Å²) in [5, 5.41) is 2.71. The number of nitrogens with one attached hydrogen (secondary N) is 1. The number of unbranched alkanes of at least 4 members (excludes halogenated alkanes) is 1. The largest absolute Gasteiger partial charge is 0.322 e. The molecule has 0 aliphatic heterocycles. The maximum atomic E-state index is 13.1. The molecular formula is C17H17ClFNOS. The van der Waals surface area contributed by atoms with E-state index < -0.39 is 5.82 Å². The van der Waals surface area contributed by atoms with Crippen LogP contribution >= 0.6 is 23.4 Å². The molecule has 2 nitrogen and oxygen atoms in total. The Morgan fingerprint density at radius 3 is 2.82 bits per heavy atom. The Morgan fingerprint density at radius 1 is 1.27 bits per heavy atom. The van der Waals surface area contributed by atoms with Crippen molar-refractivity contribution in [2.24, 2.45) is 0 Å². The van der Waals surface area contributed by atoms with E-state index in [2.05, 4.69) is 12.2 Å². The van der Waals surface area contributed by atoms with Gasteiger partial charge in [-0.25, -0.2) is 4.39 Å². The van der Waals surface area contributed by atoms with Gasteiger partial charge in [-0.2, -0.15) is 0 Å². The number of amides is 1. The van der Waals surface area contributed by atoms with Gasteiger partial charge in [-0.1, -0.05) is 31.0 Å². The smallest absolute Gasteiger partial charge is 0.255 e. The lowest BCUT2D eigenvalue weighted by Crippen LogP contribution is -2.11. The van der Waals surface area contributed by atoms with E-state index in [1.807, 2.05) is 18.2 Å². The predicted octanol–water partition coefficient (Wildman–Crippen LogP) is 5.62. The number of anilines is 1. The zero-order chi connectivity index (χ0) is 15.9. The Balaban J connectivity index is 2.05. The maximum absolute atomic E-state index is 13.1. The van der Waals surface area contributed by atoms with Gasteiger partial charge in [-0.3, -0.25) is 4.79 Å². The molecule has 0 aliphatic carbocycles. The summed E-state index contributed by atoms with van der Waals surface area (Å²) in [7, 11) is 0. The highest BCUT2D eigenvalue weighted by molar-refractivity contribution is 7.99. The molecule has 22 heavy (non-hydrogen) atoms. The molecule has 116 valence electrons. The van der Waals surface area contributed by atoms with Gasteiger partial charge in [-0.05, 0) is 48.6 Å². The van der Waals surface area contributed by atoms with Gasteiger partial charge in [0.15, 0.2) is 0 Å². The van der Waals surface area contributed by atoms with Gasteiger partial charge >= 0.3 is 0 Å². The Morgan fingerprint density at radius 2 is 2.09 bits per heavy atom. The molecule has 0 saturated carbocycles. The molecule has 2 rings (SSSR count). The average Bonchev–Trinajstić information content (AvgIpc) is 2.51. The third kappa shape index (κ3) is 4.75. The van der Waals surface area contributed by atoms with E-state index >= 15 is 0 Å². The maximum Gasteiger partial charge on any atom is 0.255 e. The lowest BCUT2D eigenvalue weighted by atomic mass is 10.2. The summed E-state index contributed by atoms with van der Waals surface area (Å²) in [6, 6.07) is 11.6. The molecule has 0 bridgehead atoms. The minimum atomic E-state index is -0.506. The first kappa shape index (κ1) is 16.8. The third-order valence-electron chi connectivity index (χ3n) is 3.04. The normalized spacial score (nSPS) is 10.5. The fourth-order valence-corrected chi connectivity index (χ4v) is 3.07. The molecule has 0 saturated heterocycles. The summed E-state index contributed by atoms with van der Waals surface area (Å²) in [6.45, 7) is 2.15. The molecule has 0 atom stereocenters. The van der Waals surface area contributed by atoms with Crippen molar-refractivity contribution < 1.29 is 9.18 Å². The van der Waals surface area contributed by atoms with Crippen LogP contribution < -0.4 is 5.32 Å². The summed E-state index contributed by atoms with van der Waals surface area (Å²) in [5.41, 5.74) is 1.04. The van der Waals surface area contributed by atoms with Crippen LogP contribution in [0, 0.1) is 5.82 Å². The van der Waals surface area contributed by atoms with Gasteiger partial charge < -0.3 is 5.32 Å². The van der Waals surface area contributed by atoms with Gasteiger partial charge in [0.1, 0.15) is 5.82 Å². The molecule has 5 heteroatoms. The van der Waals surface area contributed by atoms with Crippen LogP contribution in [-0.4, -0.2) is 11.7 Å². The lowest BCUT2D eigenvalue weighted by molar-refractivity contribution is 0.102. The zero-order valence-corrected chi connectivity index (χ0v) is 13.8. The molecule has 1 amide bonds. The highest BCUT2D eigenvalue weighted by Gasteiger charge is 2.08. The number of carbonyl (C=O) groups is 1. The van der Waals surface area contributed by atoms with Crippen LogP contribution in [0.5, 0.6) is 0 Å². The lowest BCUT2D eigenvalue weighted by Gasteiger charge is -2.07. The van der Waals surface area contributed by atoms with Crippen molar-refractivity contribution in [3.05, 3.63) is 58.9 Å². The highest BCUT2D eigenvalue weighted by Crippen LogP contribution is 2.22. The second-order valence-corrected chi connectivity index (χ2v) is 6.39. The van der Waals surface area contributed by atoms with E-state index in [4.69, 9.17) is 11.6 Å². The first-order chi connectivity index (χ1) is 10.6. The number of thioether (sulfide) groups is 1. The van der Waals surface area contributed by atoms with Gasteiger partial charge in [-0.15, -0.1) is 11.8 Å². The van der Waals surface area contributed by atoms with Crippen molar-refractivity contribution in [2.75, 3.05) is 11.1 Å². The Hall–Kier alpha value is -1.52. The van der Waals surface area contributed by atoms with E-state index in [1.165, 1.54) is 18.2 Å². The van der Waals surface area contributed by atoms with Gasteiger partial charge in [0.25, 0.3) is 5.91 Å². The van der Waals surface area contributed by atoms with Gasteiger partial charge in [0, 0.05) is 16.1 Å². The summed E-state index contributed by atoms with van der Waals surface area (Å²) in [5.74, 6) is 0.296. The molecule has 0 heterocycles. The van der Waals surface area contributed by atoms with Gasteiger partial charge in [0.2, 0.25) is 0 Å². The molecular weight excluding hydrogens is 321 g/mol. The number of hydrogen-bond donors (Lipinski definition) is 1. The SMILES string of the molecule is CCCCSc1cccc(C(=O)Nc2ccc(F)c(Cl)c2)c1. The standard InChI is InChI=1S/C17H17ClFNOS/c1-2-3-9-22-14-6-4-5-12(10-14)17(21)20-13-7-8-16(19)15(18)11-13/h4-8,10-11H,2-3,9H2,1H3,(H,20,21). The molecule has 0 unspecified atom stereocenters. The van der Waals surface area contributed by atoms with Crippen LogP contribution in [0.1, 0.15) is 30.1 Å². The molecule has 0 aliphatic rings. The Kier molecular flexibility index (Phi) is 6.28. The number of hydrogen-bond acceptors (Lipinski definition) is 2. The van der Waals surface area contributed by atoms with E-state index in [1.54, 1.807) is 17.8 Å². The molecule has 0 aromatic heterocycles. The number of rotatable bonds is 6. The van der Waals surface area contributed by atoms with E-state index in [-0.39, 0.29) is 10.9 Å². The van der Waals surface area contributed by atoms with E-state index in [9.17, 15) is 9.18 Å². The number of carbonyl (C=O) groups excluding carboxylic acids is 1. The van der Waals surface area contributed by atoms with Crippen LogP contribution in [0.15, 0.2) is 47.4 Å². The van der Waals surface area contributed by atoms with Crippen molar-refractivity contribution in [1.29, 1.82) is 0 Å². The van der Waals surface area contributed by atoms with Crippen molar-refractivity contribution in [1.82, 2.24) is 0 Å². The summed E-state index contributed by atoms with van der Waals surface area (Å²) >= 11 is 7.45. The Bertz CT molecular complexity index is 663. The fourth-order valence-electron chi connectivity index (χ4n) is 1.84. The quantitative estimate of drug-likeness (QED) is 0.547. The minimum absolute atomic E-state index is 0.0123. The summed E-state index contributed by atoms with van der Waals surface area (Å²) < 4.78 is 13.1. The zero-order valence-electron chi connectivity index (χ0n) is 12.2. The molecule has 2 aromatic carbocycles. The first-order valence-electron chi connectivity index (χ1n) is 7.09. The second-order valence-electron chi connectivity index (χ2n) is 4.81. The number of halogens is 2. The monoisotopic (exact) mass is 337 g/mol. The average molecular weight is 338 g/mol. The van der Waals surface area contributed by atoms with Crippen LogP contribution in [0.3, 0.4) is 0 Å². The van der Waals surface area contributed by atoms with Crippen molar-refractivity contribution in [3.8, 4) is 0 Å². The predicted molar refractivity (Wildman–Crippen MR) is 91.4 cm³/mol. The van der Waals surface area contributed by atoms with Crippen molar-refractivity contribution >= 4 is 35.0 Å².